The van der Waals surface area contributed by atoms with Crippen LogP contribution in [0.5, 0.6) is 0 Å². The van der Waals surface area contributed by atoms with E-state index >= 15 is 0 Å². The highest BCUT2D eigenvalue weighted by molar-refractivity contribution is 5.82. The van der Waals surface area contributed by atoms with Gasteiger partial charge in [-0.3, -0.25) is 10.1 Å². The first-order valence-corrected chi connectivity index (χ1v) is 8.19. The molecular weight excluding hydrogens is 321 g/mol. The second kappa shape index (κ2) is 6.72. The number of halogens is 3. The van der Waals surface area contributed by atoms with E-state index in [4.69, 9.17) is 0 Å². The number of carbonyl (C=O) groups excluding carboxylic acids is 1. The number of hydrogen-bond donors (Lipinski definition) is 2. The largest absolute Gasteiger partial charge is 0.388 e. The maximum atomic E-state index is 13.2. The fraction of sp³-hybridized carbons (Fsp3) is 0.588. The van der Waals surface area contributed by atoms with Gasteiger partial charge >= 0.3 is 0 Å². The van der Waals surface area contributed by atoms with Gasteiger partial charge in [-0.05, 0) is 36.5 Å². The molecule has 0 bridgehead atoms. The highest BCUT2D eigenvalue weighted by Gasteiger charge is 2.44. The van der Waals surface area contributed by atoms with E-state index in [1.54, 1.807) is 17.0 Å². The van der Waals surface area contributed by atoms with Gasteiger partial charge in [0, 0.05) is 19.5 Å². The van der Waals surface area contributed by atoms with Crippen LogP contribution >= 0.6 is 0 Å². The normalized spacial score (nSPS) is 25.7. The van der Waals surface area contributed by atoms with E-state index in [9.17, 15) is 23.1 Å². The summed E-state index contributed by atoms with van der Waals surface area (Å²) in [4.78, 5) is 13.9. The number of amides is 1. The Balaban J connectivity index is 1.54. The van der Waals surface area contributed by atoms with Crippen molar-refractivity contribution in [2.45, 2.75) is 37.3 Å². The summed E-state index contributed by atoms with van der Waals surface area (Å²) >= 11 is 0. The zero-order valence-corrected chi connectivity index (χ0v) is 13.2. The van der Waals surface area contributed by atoms with Crippen LogP contribution in [0.3, 0.4) is 0 Å². The van der Waals surface area contributed by atoms with Gasteiger partial charge in [-0.1, -0.05) is 12.1 Å². The van der Waals surface area contributed by atoms with E-state index in [-0.39, 0.29) is 17.6 Å². The lowest BCUT2D eigenvalue weighted by atomic mass is 9.87. The molecule has 24 heavy (non-hydrogen) atoms. The number of likely N-dealkylation sites (tertiary alicyclic amines) is 1. The van der Waals surface area contributed by atoms with Crippen LogP contribution in [0.1, 0.15) is 30.9 Å². The van der Waals surface area contributed by atoms with Gasteiger partial charge in [0.05, 0.1) is 18.7 Å². The molecule has 7 heteroatoms. The molecule has 2 atom stereocenters. The first kappa shape index (κ1) is 17.2. The number of aliphatic hydroxyl groups is 1. The Labute approximate surface area is 138 Å². The highest BCUT2D eigenvalue weighted by Crippen LogP contribution is 2.32. The van der Waals surface area contributed by atoms with Crippen LogP contribution in [0.25, 0.3) is 0 Å². The summed E-state index contributed by atoms with van der Waals surface area (Å²) in [7, 11) is 0. The molecule has 4 nitrogen and oxygen atoms in total. The van der Waals surface area contributed by atoms with E-state index in [1.807, 2.05) is 0 Å². The van der Waals surface area contributed by atoms with Crippen LogP contribution in [0, 0.1) is 11.7 Å². The molecule has 2 saturated heterocycles. The molecule has 1 aromatic rings. The Bertz CT molecular complexity index is 586. The molecule has 3 rings (SSSR count). The van der Waals surface area contributed by atoms with Crippen molar-refractivity contribution in [1.82, 2.24) is 10.2 Å². The molecule has 2 unspecified atom stereocenters. The molecule has 0 aliphatic carbocycles. The number of alkyl halides is 2. The second-order valence-electron chi connectivity index (χ2n) is 6.65. The zero-order valence-electron chi connectivity index (χ0n) is 13.2. The topological polar surface area (TPSA) is 52.6 Å². The first-order chi connectivity index (χ1) is 11.4. The van der Waals surface area contributed by atoms with Crippen LogP contribution < -0.4 is 5.32 Å². The van der Waals surface area contributed by atoms with Crippen LogP contribution in [0.4, 0.5) is 13.2 Å². The van der Waals surface area contributed by atoms with Crippen molar-refractivity contribution >= 4 is 5.91 Å². The summed E-state index contributed by atoms with van der Waals surface area (Å²) in [6.07, 6.45) is 0.0156. The van der Waals surface area contributed by atoms with Gasteiger partial charge in [0.1, 0.15) is 5.82 Å². The minimum atomic E-state index is -2.82. The molecule has 0 aromatic heterocycles. The molecule has 132 valence electrons. The molecule has 2 aliphatic heterocycles. The van der Waals surface area contributed by atoms with E-state index in [0.29, 0.717) is 31.5 Å². The SMILES string of the molecule is O=C(C1CC(F)(F)CN1)N1CCC(C(O)c2ccc(F)cc2)CC1. The van der Waals surface area contributed by atoms with Crippen molar-refractivity contribution in [3.05, 3.63) is 35.6 Å². The molecule has 0 saturated carbocycles. The molecule has 2 aliphatic rings. The molecule has 0 radical (unpaired) electrons. The summed E-state index contributed by atoms with van der Waals surface area (Å²) in [5.41, 5.74) is 0.651. The van der Waals surface area contributed by atoms with Gasteiger partial charge in [-0.25, -0.2) is 13.2 Å². The molecule has 1 amide bonds. The van der Waals surface area contributed by atoms with Crippen LogP contribution in [0.2, 0.25) is 0 Å². The highest BCUT2D eigenvalue weighted by atomic mass is 19.3. The van der Waals surface area contributed by atoms with Crippen molar-refractivity contribution in [3.63, 3.8) is 0 Å². The zero-order chi connectivity index (χ0) is 17.3. The van der Waals surface area contributed by atoms with Gasteiger partial charge in [0.25, 0.3) is 5.92 Å². The Morgan fingerprint density at radius 3 is 2.42 bits per heavy atom. The van der Waals surface area contributed by atoms with Crippen molar-refractivity contribution < 1.29 is 23.1 Å². The Morgan fingerprint density at radius 1 is 1.25 bits per heavy atom. The quantitative estimate of drug-likeness (QED) is 0.884. The van der Waals surface area contributed by atoms with E-state index in [0.717, 1.165) is 0 Å². The van der Waals surface area contributed by atoms with Gasteiger partial charge in [-0.2, -0.15) is 0 Å². The van der Waals surface area contributed by atoms with Crippen LogP contribution in [-0.4, -0.2) is 47.5 Å². The lowest BCUT2D eigenvalue weighted by Gasteiger charge is -2.35. The first-order valence-electron chi connectivity index (χ1n) is 8.19. The smallest absolute Gasteiger partial charge is 0.262 e. The predicted octanol–water partition coefficient (Wildman–Crippen LogP) is 2.09. The van der Waals surface area contributed by atoms with E-state index in [1.165, 1.54) is 12.1 Å². The number of piperidine rings is 1. The van der Waals surface area contributed by atoms with Crippen molar-refractivity contribution in [3.8, 4) is 0 Å². The number of nitrogens with zero attached hydrogens (tertiary/aromatic N) is 1. The minimum absolute atomic E-state index is 0.0301. The monoisotopic (exact) mass is 342 g/mol. The maximum absolute atomic E-state index is 13.2. The maximum Gasteiger partial charge on any atom is 0.262 e. The molecule has 2 N–H and O–H groups in total. The Hall–Kier alpha value is -1.60. The third-order valence-electron chi connectivity index (χ3n) is 4.92. The average Bonchev–Trinajstić information content (AvgIpc) is 2.94. The Kier molecular flexibility index (Phi) is 4.83. The van der Waals surface area contributed by atoms with Gasteiger partial charge in [-0.15, -0.1) is 0 Å². The van der Waals surface area contributed by atoms with Crippen molar-refractivity contribution in [2.75, 3.05) is 19.6 Å². The van der Waals surface area contributed by atoms with Crippen LogP contribution in [-0.2, 0) is 4.79 Å². The lowest BCUT2D eigenvalue weighted by molar-refractivity contribution is -0.135. The number of nitrogens with one attached hydrogen (secondary N) is 1. The summed E-state index contributed by atoms with van der Waals surface area (Å²) in [6, 6.07) is 4.91. The van der Waals surface area contributed by atoms with Gasteiger partial charge in [0.15, 0.2) is 0 Å². The third-order valence-corrected chi connectivity index (χ3v) is 4.92. The second-order valence-corrected chi connectivity index (χ2v) is 6.65. The number of aliphatic hydroxyl groups excluding tert-OH is 1. The fourth-order valence-corrected chi connectivity index (χ4v) is 3.48. The predicted molar refractivity (Wildman–Crippen MR) is 82.0 cm³/mol. The number of rotatable bonds is 3. The third kappa shape index (κ3) is 3.72. The number of benzene rings is 1. The van der Waals surface area contributed by atoms with Gasteiger partial charge in [0.2, 0.25) is 5.91 Å². The van der Waals surface area contributed by atoms with Crippen molar-refractivity contribution in [1.29, 1.82) is 0 Å². The molecular formula is C17H21F3N2O2. The molecule has 1 aromatic carbocycles. The average molecular weight is 342 g/mol. The van der Waals surface area contributed by atoms with E-state index in [2.05, 4.69) is 5.32 Å². The van der Waals surface area contributed by atoms with E-state index < -0.39 is 31.0 Å². The summed E-state index contributed by atoms with van der Waals surface area (Å²) in [5.74, 6) is -3.50. The Morgan fingerprint density at radius 2 is 1.88 bits per heavy atom. The molecule has 0 spiro atoms. The van der Waals surface area contributed by atoms with Gasteiger partial charge < -0.3 is 10.0 Å². The number of hydrogen-bond acceptors (Lipinski definition) is 3. The fourth-order valence-electron chi connectivity index (χ4n) is 3.48. The minimum Gasteiger partial charge on any atom is -0.388 e. The number of carbonyl (C=O) groups is 1. The summed E-state index contributed by atoms with van der Waals surface area (Å²) in [5, 5.41) is 13.0. The standard InChI is InChI=1S/C17H21F3N2O2/c18-13-3-1-11(2-4-13)15(23)12-5-7-22(8-6-12)16(24)14-9-17(19,20)10-21-14/h1-4,12,14-15,21,23H,5-10H2. The molecule has 2 heterocycles. The summed E-state index contributed by atoms with van der Waals surface area (Å²) in [6.45, 7) is 0.417. The van der Waals surface area contributed by atoms with Crippen molar-refractivity contribution in [2.24, 2.45) is 5.92 Å². The van der Waals surface area contributed by atoms with Crippen LogP contribution in [0.15, 0.2) is 24.3 Å². The summed E-state index contributed by atoms with van der Waals surface area (Å²) < 4.78 is 39.4. The molecule has 2 fully saturated rings. The lowest BCUT2D eigenvalue weighted by Crippen LogP contribution is -2.47.